The zero-order valence-corrected chi connectivity index (χ0v) is 10.6. The molecule has 0 aliphatic heterocycles. The summed E-state index contributed by atoms with van der Waals surface area (Å²) in [5.41, 5.74) is 6.77. The third kappa shape index (κ3) is 2.71. The average molecular weight is 262 g/mol. The molecule has 1 aromatic carbocycles. The zero-order chi connectivity index (χ0) is 13.8. The third-order valence-corrected chi connectivity index (χ3v) is 2.51. The molecule has 0 amide bonds. The van der Waals surface area contributed by atoms with E-state index < -0.39 is 6.10 Å². The van der Waals surface area contributed by atoms with Gasteiger partial charge in [0.15, 0.2) is 5.82 Å². The van der Waals surface area contributed by atoms with Crippen LogP contribution in [-0.4, -0.2) is 34.3 Å². The number of aliphatic hydroxyl groups is 1. The molecule has 7 nitrogen and oxygen atoms in total. The molecule has 1 heterocycles. The van der Waals surface area contributed by atoms with Gasteiger partial charge in [-0.3, -0.25) is 0 Å². The number of rotatable bonds is 4. The van der Waals surface area contributed by atoms with Crippen molar-refractivity contribution in [3.63, 3.8) is 0 Å². The quantitative estimate of drug-likeness (QED) is 0.775. The predicted molar refractivity (Wildman–Crippen MR) is 67.8 cm³/mol. The maximum Gasteiger partial charge on any atom is 0.322 e. The van der Waals surface area contributed by atoms with Crippen LogP contribution in [-0.2, 0) is 0 Å². The second kappa shape index (κ2) is 5.49. The molecule has 0 saturated carbocycles. The molecule has 19 heavy (non-hydrogen) atoms. The fourth-order valence-corrected chi connectivity index (χ4v) is 1.56. The summed E-state index contributed by atoms with van der Waals surface area (Å²) in [5.74, 6) is 0.113. The molecule has 0 saturated heterocycles. The van der Waals surface area contributed by atoms with Gasteiger partial charge in [-0.25, -0.2) is 0 Å². The molecule has 0 spiro atoms. The Balaban J connectivity index is 2.43. The summed E-state index contributed by atoms with van der Waals surface area (Å²) in [6.07, 6.45) is -1.08. The summed E-state index contributed by atoms with van der Waals surface area (Å²) >= 11 is 0. The number of para-hydroxylation sites is 1. The van der Waals surface area contributed by atoms with Gasteiger partial charge >= 0.3 is 12.0 Å². The number of anilines is 1. The summed E-state index contributed by atoms with van der Waals surface area (Å²) < 4.78 is 9.86. The van der Waals surface area contributed by atoms with Gasteiger partial charge in [0, 0.05) is 11.3 Å². The molecule has 0 bridgehead atoms. The number of hydrogen-bond donors (Lipinski definition) is 2. The largest absolute Gasteiger partial charge is 0.467 e. The van der Waals surface area contributed by atoms with E-state index >= 15 is 0 Å². The van der Waals surface area contributed by atoms with E-state index in [0.29, 0.717) is 11.3 Å². The van der Waals surface area contributed by atoms with Crippen LogP contribution in [0, 0.1) is 0 Å². The van der Waals surface area contributed by atoms with E-state index in [2.05, 4.69) is 15.0 Å². The minimum Gasteiger partial charge on any atom is -0.467 e. The number of hydrogen-bond acceptors (Lipinski definition) is 7. The molecule has 0 aliphatic carbocycles. The first kappa shape index (κ1) is 13.0. The molecule has 1 aromatic heterocycles. The molecule has 2 rings (SSSR count). The van der Waals surface area contributed by atoms with Crippen LogP contribution < -0.4 is 15.2 Å². The van der Waals surface area contributed by atoms with Crippen LogP contribution in [0.25, 0.3) is 0 Å². The Morgan fingerprint density at radius 3 is 2.16 bits per heavy atom. The molecule has 0 aliphatic rings. The Kier molecular flexibility index (Phi) is 3.76. The van der Waals surface area contributed by atoms with Gasteiger partial charge in [0.05, 0.1) is 14.2 Å². The highest BCUT2D eigenvalue weighted by atomic mass is 16.5. The maximum absolute atomic E-state index is 10.3. The molecule has 1 unspecified atom stereocenters. The summed E-state index contributed by atoms with van der Waals surface area (Å²) in [6.45, 7) is 0. The van der Waals surface area contributed by atoms with Crippen molar-refractivity contribution < 1.29 is 14.6 Å². The topological polar surface area (TPSA) is 103 Å². The van der Waals surface area contributed by atoms with Gasteiger partial charge in [0.2, 0.25) is 0 Å². The van der Waals surface area contributed by atoms with E-state index in [0.717, 1.165) is 0 Å². The first-order valence-electron chi connectivity index (χ1n) is 5.52. The van der Waals surface area contributed by atoms with Crippen LogP contribution >= 0.6 is 0 Å². The van der Waals surface area contributed by atoms with Crippen molar-refractivity contribution in [2.45, 2.75) is 6.10 Å². The third-order valence-electron chi connectivity index (χ3n) is 2.51. The molecule has 1 atom stereocenters. The second-order valence-corrected chi connectivity index (χ2v) is 3.70. The number of nitrogens with zero attached hydrogens (tertiary/aromatic N) is 3. The number of aliphatic hydroxyl groups excluding tert-OH is 1. The van der Waals surface area contributed by atoms with Gasteiger partial charge in [0.25, 0.3) is 0 Å². The molecule has 2 aromatic rings. The van der Waals surface area contributed by atoms with Gasteiger partial charge in [-0.05, 0) is 6.07 Å². The number of methoxy groups -OCH3 is 2. The Hall–Kier alpha value is -2.41. The summed E-state index contributed by atoms with van der Waals surface area (Å²) in [4.78, 5) is 11.8. The first-order valence-corrected chi connectivity index (χ1v) is 5.52. The van der Waals surface area contributed by atoms with E-state index in [4.69, 9.17) is 15.2 Å². The monoisotopic (exact) mass is 262 g/mol. The zero-order valence-electron chi connectivity index (χ0n) is 10.6. The number of nitrogens with two attached hydrogens (primary N) is 1. The number of ether oxygens (including phenoxy) is 2. The Bertz CT molecular complexity index is 554. The molecule has 100 valence electrons. The number of aromatic nitrogens is 3. The lowest BCUT2D eigenvalue weighted by Gasteiger charge is -2.13. The number of benzene rings is 1. The lowest BCUT2D eigenvalue weighted by molar-refractivity contribution is 0.204. The lowest BCUT2D eigenvalue weighted by Crippen LogP contribution is -2.10. The van der Waals surface area contributed by atoms with E-state index in [1.54, 1.807) is 24.3 Å². The van der Waals surface area contributed by atoms with Crippen molar-refractivity contribution in [3.05, 3.63) is 35.7 Å². The first-order chi connectivity index (χ1) is 9.15. The van der Waals surface area contributed by atoms with Crippen LogP contribution in [0.3, 0.4) is 0 Å². The lowest BCUT2D eigenvalue weighted by atomic mass is 10.1. The van der Waals surface area contributed by atoms with Crippen molar-refractivity contribution in [2.24, 2.45) is 0 Å². The molecule has 0 fully saturated rings. The maximum atomic E-state index is 10.3. The van der Waals surface area contributed by atoms with Crippen molar-refractivity contribution in [1.82, 2.24) is 15.0 Å². The molecular formula is C12H14N4O3. The van der Waals surface area contributed by atoms with Crippen LogP contribution in [0.4, 0.5) is 5.69 Å². The van der Waals surface area contributed by atoms with Crippen molar-refractivity contribution >= 4 is 5.69 Å². The molecule has 0 radical (unpaired) electrons. The van der Waals surface area contributed by atoms with Crippen molar-refractivity contribution in [3.8, 4) is 12.0 Å². The van der Waals surface area contributed by atoms with Gasteiger partial charge < -0.3 is 20.3 Å². The van der Waals surface area contributed by atoms with Crippen molar-refractivity contribution in [1.29, 1.82) is 0 Å². The summed E-state index contributed by atoms with van der Waals surface area (Å²) in [5, 5.41) is 10.3. The fraction of sp³-hybridized carbons (Fsp3) is 0.250. The normalized spacial score (nSPS) is 11.9. The summed E-state index contributed by atoms with van der Waals surface area (Å²) in [6, 6.07) is 7.06. The average Bonchev–Trinajstić information content (AvgIpc) is 2.46. The Morgan fingerprint density at radius 1 is 1.05 bits per heavy atom. The molecule has 7 heteroatoms. The Labute approximate surface area is 110 Å². The van der Waals surface area contributed by atoms with E-state index in [-0.39, 0.29) is 17.8 Å². The van der Waals surface area contributed by atoms with Crippen molar-refractivity contribution in [2.75, 3.05) is 20.0 Å². The highest BCUT2D eigenvalue weighted by Crippen LogP contribution is 2.25. The molecular weight excluding hydrogens is 248 g/mol. The van der Waals surface area contributed by atoms with Gasteiger partial charge in [-0.1, -0.05) is 18.2 Å². The summed E-state index contributed by atoms with van der Waals surface area (Å²) in [7, 11) is 2.84. The van der Waals surface area contributed by atoms with Gasteiger partial charge in [-0.15, -0.1) is 4.98 Å². The SMILES string of the molecule is COc1nc(OC)nc(C(O)c2ccccc2N)n1. The minimum absolute atomic E-state index is 0.0652. The number of nitrogen functional groups attached to an aromatic ring is 1. The van der Waals surface area contributed by atoms with Crippen LogP contribution in [0.15, 0.2) is 24.3 Å². The minimum atomic E-state index is -1.08. The van der Waals surface area contributed by atoms with Gasteiger partial charge in [0.1, 0.15) is 6.10 Å². The van der Waals surface area contributed by atoms with Crippen LogP contribution in [0.2, 0.25) is 0 Å². The van der Waals surface area contributed by atoms with E-state index in [1.807, 2.05) is 0 Å². The van der Waals surface area contributed by atoms with E-state index in [9.17, 15) is 5.11 Å². The standard InChI is InChI=1S/C12H14N4O3/c1-18-11-14-10(15-12(16-11)19-2)9(17)7-5-3-4-6-8(7)13/h3-6,9,17H,13H2,1-2H3. The Morgan fingerprint density at radius 2 is 1.63 bits per heavy atom. The van der Waals surface area contributed by atoms with Crippen LogP contribution in [0.1, 0.15) is 17.5 Å². The van der Waals surface area contributed by atoms with E-state index in [1.165, 1.54) is 14.2 Å². The molecule has 3 N–H and O–H groups in total. The van der Waals surface area contributed by atoms with Gasteiger partial charge in [-0.2, -0.15) is 9.97 Å². The second-order valence-electron chi connectivity index (χ2n) is 3.70. The van der Waals surface area contributed by atoms with Crippen LogP contribution in [0.5, 0.6) is 12.0 Å². The predicted octanol–water partition coefficient (Wildman–Crippen LogP) is 0.553. The highest BCUT2D eigenvalue weighted by Gasteiger charge is 2.19. The smallest absolute Gasteiger partial charge is 0.322 e. The fourth-order valence-electron chi connectivity index (χ4n) is 1.56. The highest BCUT2D eigenvalue weighted by molar-refractivity contribution is 5.49.